The van der Waals surface area contributed by atoms with Crippen molar-refractivity contribution in [3.05, 3.63) is 35.4 Å². The molecule has 0 spiro atoms. The second-order valence-corrected chi connectivity index (χ2v) is 7.64. The highest BCUT2D eigenvalue weighted by molar-refractivity contribution is 6.05. The van der Waals surface area contributed by atoms with Gasteiger partial charge < -0.3 is 9.64 Å². The van der Waals surface area contributed by atoms with Crippen molar-refractivity contribution in [2.45, 2.75) is 44.7 Å². The molecule has 1 aromatic carbocycles. The van der Waals surface area contributed by atoms with Crippen molar-refractivity contribution in [1.29, 1.82) is 0 Å². The Hall–Kier alpha value is -2.21. The van der Waals surface area contributed by atoms with E-state index in [0.717, 1.165) is 36.1 Å². The first-order valence-electron chi connectivity index (χ1n) is 9.44. The lowest BCUT2D eigenvalue weighted by Gasteiger charge is -2.34. The van der Waals surface area contributed by atoms with E-state index in [2.05, 4.69) is 6.07 Å². The van der Waals surface area contributed by atoms with Gasteiger partial charge in [0, 0.05) is 12.0 Å². The molecule has 2 heterocycles. The summed E-state index contributed by atoms with van der Waals surface area (Å²) in [6, 6.07) is 7.64. The number of benzene rings is 1. The molecular weight excluding hydrogens is 332 g/mol. The quantitative estimate of drug-likeness (QED) is 0.624. The van der Waals surface area contributed by atoms with Gasteiger partial charge in [-0.05, 0) is 18.4 Å². The number of esters is 1. The van der Waals surface area contributed by atoms with Crippen LogP contribution in [0.15, 0.2) is 24.3 Å². The predicted molar refractivity (Wildman–Crippen MR) is 92.8 cm³/mol. The SMILES string of the molecule is COC(=O)[C@@H]1Cc2ccccc2C[NH+]1CN1C(=O)[C@H]2CCCC[C@H]2C1=O. The third-order valence-corrected chi connectivity index (χ3v) is 6.23. The van der Waals surface area contributed by atoms with Crippen LogP contribution in [0.25, 0.3) is 0 Å². The maximum Gasteiger partial charge on any atom is 0.365 e. The predicted octanol–water partition coefficient (Wildman–Crippen LogP) is 0.302. The molecule has 1 unspecified atom stereocenters. The lowest BCUT2D eigenvalue weighted by Crippen LogP contribution is -3.18. The van der Waals surface area contributed by atoms with Crippen molar-refractivity contribution < 1.29 is 24.0 Å². The number of imide groups is 1. The number of ether oxygens (including phenoxy) is 1. The molecule has 1 N–H and O–H groups in total. The number of hydrogen-bond donors (Lipinski definition) is 1. The van der Waals surface area contributed by atoms with Crippen LogP contribution < -0.4 is 4.90 Å². The fourth-order valence-electron chi connectivity index (χ4n) is 4.81. The van der Waals surface area contributed by atoms with E-state index in [-0.39, 0.29) is 36.3 Å². The Bertz CT molecular complexity index is 723. The van der Waals surface area contributed by atoms with Crippen LogP contribution in [0.5, 0.6) is 0 Å². The van der Waals surface area contributed by atoms with Gasteiger partial charge in [0.1, 0.15) is 6.54 Å². The zero-order chi connectivity index (χ0) is 18.3. The molecule has 0 radical (unpaired) electrons. The van der Waals surface area contributed by atoms with Gasteiger partial charge in [0.15, 0.2) is 12.7 Å². The zero-order valence-corrected chi connectivity index (χ0v) is 15.1. The normalized spacial score (nSPS) is 30.7. The van der Waals surface area contributed by atoms with Crippen molar-refractivity contribution >= 4 is 17.8 Å². The summed E-state index contributed by atoms with van der Waals surface area (Å²) in [5.74, 6) is -0.677. The first-order valence-corrected chi connectivity index (χ1v) is 9.44. The maximum absolute atomic E-state index is 12.8. The molecule has 4 atom stereocenters. The van der Waals surface area contributed by atoms with Gasteiger partial charge in [-0.25, -0.2) is 9.69 Å². The van der Waals surface area contributed by atoms with E-state index in [1.165, 1.54) is 17.6 Å². The van der Waals surface area contributed by atoms with Crippen LogP contribution in [-0.2, 0) is 32.1 Å². The summed E-state index contributed by atoms with van der Waals surface area (Å²) >= 11 is 0. The third kappa shape index (κ3) is 2.82. The summed E-state index contributed by atoms with van der Waals surface area (Å²) < 4.78 is 5.00. The second-order valence-electron chi connectivity index (χ2n) is 7.64. The Morgan fingerprint density at radius 1 is 1.12 bits per heavy atom. The number of rotatable bonds is 3. The molecule has 0 aromatic heterocycles. The van der Waals surface area contributed by atoms with E-state index in [9.17, 15) is 14.4 Å². The van der Waals surface area contributed by atoms with E-state index in [4.69, 9.17) is 4.74 Å². The molecule has 1 aliphatic carbocycles. The van der Waals surface area contributed by atoms with Crippen molar-refractivity contribution in [2.75, 3.05) is 13.8 Å². The first kappa shape index (κ1) is 17.2. The molecule has 138 valence electrons. The number of fused-ring (bicyclic) bond motifs is 2. The van der Waals surface area contributed by atoms with E-state index >= 15 is 0 Å². The highest BCUT2D eigenvalue weighted by atomic mass is 16.5. The average Bonchev–Trinajstić information content (AvgIpc) is 2.92. The lowest BCUT2D eigenvalue weighted by molar-refractivity contribution is -0.939. The zero-order valence-electron chi connectivity index (χ0n) is 15.1. The van der Waals surface area contributed by atoms with Gasteiger partial charge in [0.2, 0.25) is 11.8 Å². The molecule has 1 saturated carbocycles. The minimum atomic E-state index is -0.391. The Morgan fingerprint density at radius 3 is 2.35 bits per heavy atom. The Morgan fingerprint density at radius 2 is 1.73 bits per heavy atom. The number of nitrogens with one attached hydrogen (secondary N) is 1. The summed E-state index contributed by atoms with van der Waals surface area (Å²) in [6.07, 6.45) is 4.22. The van der Waals surface area contributed by atoms with Crippen LogP contribution in [0.3, 0.4) is 0 Å². The summed E-state index contributed by atoms with van der Waals surface area (Å²) in [7, 11) is 1.39. The van der Waals surface area contributed by atoms with Gasteiger partial charge in [0.25, 0.3) is 0 Å². The Labute approximate surface area is 153 Å². The van der Waals surface area contributed by atoms with Crippen LogP contribution in [0.1, 0.15) is 36.8 Å². The smallest absolute Gasteiger partial charge is 0.365 e. The standard InChI is InChI=1S/C20H24N2O4/c1-26-20(25)17-10-13-6-2-3-7-14(13)11-21(17)12-22-18(23)15-8-4-5-9-16(15)19(22)24/h2-3,6-7,15-17H,4-5,8-12H2,1H3/p+1/t15-,16+,17-/m0/s1. The Kier molecular flexibility index (Phi) is 4.53. The fourth-order valence-corrected chi connectivity index (χ4v) is 4.81. The molecule has 1 saturated heterocycles. The average molecular weight is 357 g/mol. The number of quaternary nitrogens is 1. The van der Waals surface area contributed by atoms with Crippen molar-refractivity contribution in [3.63, 3.8) is 0 Å². The van der Waals surface area contributed by atoms with E-state index in [1.807, 2.05) is 18.2 Å². The van der Waals surface area contributed by atoms with Crippen LogP contribution in [-0.4, -0.2) is 42.5 Å². The summed E-state index contributed by atoms with van der Waals surface area (Å²) in [6.45, 7) is 0.862. The number of carbonyl (C=O) groups excluding carboxylic acids is 3. The Balaban J connectivity index is 1.58. The van der Waals surface area contributed by atoms with Crippen molar-refractivity contribution in [2.24, 2.45) is 11.8 Å². The van der Waals surface area contributed by atoms with Crippen molar-refractivity contribution in [3.8, 4) is 0 Å². The molecule has 4 rings (SSSR count). The summed E-state index contributed by atoms with van der Waals surface area (Å²) in [4.78, 5) is 40.3. The van der Waals surface area contributed by atoms with Crippen LogP contribution >= 0.6 is 0 Å². The molecule has 2 aliphatic heterocycles. The second kappa shape index (κ2) is 6.83. The maximum atomic E-state index is 12.8. The highest BCUT2D eigenvalue weighted by Gasteiger charge is 2.50. The summed E-state index contributed by atoms with van der Waals surface area (Å²) in [5.41, 5.74) is 2.30. The van der Waals surface area contributed by atoms with Crippen LogP contribution in [0.4, 0.5) is 0 Å². The third-order valence-electron chi connectivity index (χ3n) is 6.23. The molecule has 2 amide bonds. The van der Waals surface area contributed by atoms with Gasteiger partial charge in [0.05, 0.1) is 18.9 Å². The van der Waals surface area contributed by atoms with Gasteiger partial charge in [-0.1, -0.05) is 37.1 Å². The molecular formula is C20H25N2O4+. The minimum Gasteiger partial charge on any atom is -0.465 e. The first-order chi connectivity index (χ1) is 12.6. The monoisotopic (exact) mass is 357 g/mol. The number of methoxy groups -OCH3 is 1. The van der Waals surface area contributed by atoms with Gasteiger partial charge in [-0.2, -0.15) is 0 Å². The van der Waals surface area contributed by atoms with Crippen molar-refractivity contribution in [1.82, 2.24) is 4.90 Å². The molecule has 6 nitrogen and oxygen atoms in total. The fraction of sp³-hybridized carbons (Fsp3) is 0.550. The summed E-state index contributed by atoms with van der Waals surface area (Å²) in [5, 5.41) is 0. The number of likely N-dealkylation sites (tertiary alicyclic amines) is 1. The number of nitrogens with zero attached hydrogens (tertiary/aromatic N) is 1. The number of hydrogen-bond acceptors (Lipinski definition) is 4. The molecule has 3 aliphatic rings. The molecule has 0 bridgehead atoms. The largest absolute Gasteiger partial charge is 0.465 e. The molecule has 2 fully saturated rings. The molecule has 26 heavy (non-hydrogen) atoms. The minimum absolute atomic E-state index is 0.0466. The van der Waals surface area contributed by atoms with E-state index in [0.29, 0.717) is 13.0 Å². The number of carbonyl (C=O) groups is 3. The highest BCUT2D eigenvalue weighted by Crippen LogP contribution is 2.37. The lowest BCUT2D eigenvalue weighted by atomic mass is 9.81. The van der Waals surface area contributed by atoms with Gasteiger partial charge in [-0.3, -0.25) is 9.59 Å². The van der Waals surface area contributed by atoms with Gasteiger partial charge in [-0.15, -0.1) is 0 Å². The molecule has 1 aromatic rings. The van der Waals surface area contributed by atoms with Crippen LogP contribution in [0.2, 0.25) is 0 Å². The topological polar surface area (TPSA) is 68.1 Å². The van der Waals surface area contributed by atoms with E-state index in [1.54, 1.807) is 0 Å². The molecule has 6 heteroatoms. The van der Waals surface area contributed by atoms with Gasteiger partial charge >= 0.3 is 5.97 Å². The number of amides is 2. The van der Waals surface area contributed by atoms with E-state index < -0.39 is 6.04 Å². The van der Waals surface area contributed by atoms with Crippen LogP contribution in [0, 0.1) is 11.8 Å².